The minimum absolute atomic E-state index is 0.138. The third-order valence-corrected chi connectivity index (χ3v) is 7.31. The van der Waals surface area contributed by atoms with Crippen molar-refractivity contribution < 1.29 is 8.42 Å². The summed E-state index contributed by atoms with van der Waals surface area (Å²) in [5.74, 6) is 0.205. The van der Waals surface area contributed by atoms with Crippen LogP contribution in [0, 0.1) is 0 Å². The van der Waals surface area contributed by atoms with Crippen LogP contribution in [0.1, 0.15) is 37.3 Å². The van der Waals surface area contributed by atoms with E-state index in [9.17, 15) is 8.42 Å². The van der Waals surface area contributed by atoms with E-state index in [-0.39, 0.29) is 17.8 Å². The number of hydrogen-bond acceptors (Lipinski definition) is 3. The summed E-state index contributed by atoms with van der Waals surface area (Å²) in [5, 5.41) is 4.35. The summed E-state index contributed by atoms with van der Waals surface area (Å²) >= 11 is 0. The fraction of sp³-hybridized carbons (Fsp3) is 0.500. The molecule has 0 saturated carbocycles. The second kappa shape index (κ2) is 6.33. The summed E-state index contributed by atoms with van der Waals surface area (Å²) < 4.78 is 29.7. The molecule has 2 fully saturated rings. The number of benzene rings is 1. The van der Waals surface area contributed by atoms with Gasteiger partial charge < -0.3 is 0 Å². The van der Waals surface area contributed by atoms with Gasteiger partial charge >= 0.3 is 0 Å². The standard InChI is InChI=1S/C18H23N3O2S/c22-24(23,12-9-15-5-2-1-3-6-15)21-16-7-8-17(21)14-18(13-16)20-11-4-10-19-20/h1-6,10-11,16-18H,7-9,12-14H2. The molecule has 0 spiro atoms. The number of aromatic nitrogens is 2. The van der Waals surface area contributed by atoms with Crippen LogP contribution in [0.15, 0.2) is 48.8 Å². The number of hydrogen-bond donors (Lipinski definition) is 0. The highest BCUT2D eigenvalue weighted by Crippen LogP contribution is 2.42. The Kier molecular flexibility index (Phi) is 4.18. The Morgan fingerprint density at radius 2 is 1.71 bits per heavy atom. The number of piperidine rings is 1. The van der Waals surface area contributed by atoms with Crippen molar-refractivity contribution in [3.05, 3.63) is 54.4 Å². The highest BCUT2D eigenvalue weighted by molar-refractivity contribution is 7.89. The van der Waals surface area contributed by atoms with E-state index < -0.39 is 10.0 Å². The molecule has 2 bridgehead atoms. The summed E-state index contributed by atoms with van der Waals surface area (Å²) in [6, 6.07) is 12.4. The second-order valence-electron chi connectivity index (χ2n) is 6.88. The van der Waals surface area contributed by atoms with Crippen molar-refractivity contribution in [2.24, 2.45) is 0 Å². The van der Waals surface area contributed by atoms with Gasteiger partial charge in [-0.25, -0.2) is 8.42 Å². The van der Waals surface area contributed by atoms with Gasteiger partial charge in [0.25, 0.3) is 0 Å². The molecular weight excluding hydrogens is 322 g/mol. The van der Waals surface area contributed by atoms with E-state index in [1.165, 1.54) is 0 Å². The maximum Gasteiger partial charge on any atom is 0.214 e. The molecule has 6 heteroatoms. The number of rotatable bonds is 5. The predicted molar refractivity (Wildman–Crippen MR) is 93.1 cm³/mol. The first-order chi connectivity index (χ1) is 11.6. The van der Waals surface area contributed by atoms with Gasteiger partial charge in [0.15, 0.2) is 0 Å². The van der Waals surface area contributed by atoms with Gasteiger partial charge in [0.1, 0.15) is 0 Å². The molecule has 2 aromatic rings. The molecule has 5 nitrogen and oxygen atoms in total. The van der Waals surface area contributed by atoms with Crippen molar-refractivity contribution in [1.29, 1.82) is 0 Å². The van der Waals surface area contributed by atoms with Gasteiger partial charge in [-0.05, 0) is 43.7 Å². The van der Waals surface area contributed by atoms with E-state index in [1.54, 1.807) is 6.20 Å². The lowest BCUT2D eigenvalue weighted by Crippen LogP contribution is -2.48. The Morgan fingerprint density at radius 1 is 1.00 bits per heavy atom. The van der Waals surface area contributed by atoms with E-state index in [4.69, 9.17) is 0 Å². The van der Waals surface area contributed by atoms with Gasteiger partial charge in [-0.15, -0.1) is 0 Å². The third kappa shape index (κ3) is 3.00. The third-order valence-electron chi connectivity index (χ3n) is 5.35. The molecule has 4 rings (SSSR count). The number of fused-ring (bicyclic) bond motifs is 2. The van der Waals surface area contributed by atoms with Crippen LogP contribution in [0.5, 0.6) is 0 Å². The van der Waals surface area contributed by atoms with E-state index in [2.05, 4.69) is 5.10 Å². The van der Waals surface area contributed by atoms with Crippen molar-refractivity contribution in [3.63, 3.8) is 0 Å². The molecule has 1 aromatic heterocycles. The van der Waals surface area contributed by atoms with Crippen LogP contribution in [0.2, 0.25) is 0 Å². The highest BCUT2D eigenvalue weighted by Gasteiger charge is 2.46. The second-order valence-corrected chi connectivity index (χ2v) is 8.87. The topological polar surface area (TPSA) is 55.2 Å². The van der Waals surface area contributed by atoms with Gasteiger partial charge in [0, 0.05) is 24.5 Å². The molecule has 2 atom stereocenters. The minimum Gasteiger partial charge on any atom is -0.270 e. The van der Waals surface area contributed by atoms with Gasteiger partial charge in [0.05, 0.1) is 11.8 Å². The first-order valence-corrected chi connectivity index (χ1v) is 10.3. The fourth-order valence-electron chi connectivity index (χ4n) is 4.27. The SMILES string of the molecule is O=S(=O)(CCc1ccccc1)N1C2CCC1CC(n1cccn1)C2. The van der Waals surface area contributed by atoms with Gasteiger partial charge in [-0.3, -0.25) is 4.68 Å². The molecule has 0 N–H and O–H groups in total. The number of nitrogens with zero attached hydrogens (tertiary/aromatic N) is 3. The largest absolute Gasteiger partial charge is 0.270 e. The van der Waals surface area contributed by atoms with Gasteiger partial charge in [-0.1, -0.05) is 30.3 Å². The molecule has 0 radical (unpaired) electrons. The molecule has 2 saturated heterocycles. The van der Waals surface area contributed by atoms with E-state index in [0.717, 1.165) is 31.2 Å². The summed E-state index contributed by atoms with van der Waals surface area (Å²) in [5.41, 5.74) is 1.08. The average Bonchev–Trinajstić information content (AvgIpc) is 3.21. The quantitative estimate of drug-likeness (QED) is 0.837. The lowest BCUT2D eigenvalue weighted by atomic mass is 10.00. The Morgan fingerprint density at radius 3 is 2.33 bits per heavy atom. The summed E-state index contributed by atoms with van der Waals surface area (Å²) in [4.78, 5) is 0. The van der Waals surface area contributed by atoms with Crippen LogP contribution in [-0.2, 0) is 16.4 Å². The van der Waals surface area contributed by atoms with Crippen LogP contribution in [-0.4, -0.2) is 40.3 Å². The summed E-state index contributed by atoms with van der Waals surface area (Å²) in [6.45, 7) is 0. The van der Waals surface area contributed by atoms with Gasteiger partial charge in [-0.2, -0.15) is 9.40 Å². The van der Waals surface area contributed by atoms with Gasteiger partial charge in [0.2, 0.25) is 10.0 Å². The molecule has 2 aliphatic rings. The molecular formula is C18H23N3O2S. The lowest BCUT2D eigenvalue weighted by molar-refractivity contribution is 0.185. The Hall–Kier alpha value is -1.66. The molecule has 1 aromatic carbocycles. The lowest BCUT2D eigenvalue weighted by Gasteiger charge is -2.38. The maximum absolute atomic E-state index is 12.9. The van der Waals surface area contributed by atoms with Crippen molar-refractivity contribution in [2.75, 3.05) is 5.75 Å². The monoisotopic (exact) mass is 345 g/mol. The highest BCUT2D eigenvalue weighted by atomic mass is 32.2. The predicted octanol–water partition coefficient (Wildman–Crippen LogP) is 2.62. The van der Waals surface area contributed by atoms with Crippen LogP contribution in [0.25, 0.3) is 0 Å². The van der Waals surface area contributed by atoms with Crippen LogP contribution in [0.4, 0.5) is 0 Å². The van der Waals surface area contributed by atoms with Crippen molar-refractivity contribution in [2.45, 2.75) is 50.2 Å². The van der Waals surface area contributed by atoms with Crippen molar-refractivity contribution in [3.8, 4) is 0 Å². The first-order valence-electron chi connectivity index (χ1n) is 8.68. The van der Waals surface area contributed by atoms with Crippen molar-refractivity contribution >= 4 is 10.0 Å². The van der Waals surface area contributed by atoms with Crippen molar-refractivity contribution in [1.82, 2.24) is 14.1 Å². The maximum atomic E-state index is 12.9. The normalized spacial score (nSPS) is 27.4. The molecule has 24 heavy (non-hydrogen) atoms. The zero-order valence-electron chi connectivity index (χ0n) is 13.7. The molecule has 128 valence electrons. The molecule has 2 unspecified atom stereocenters. The smallest absolute Gasteiger partial charge is 0.214 e. The number of sulfonamides is 1. The molecule has 2 aliphatic heterocycles. The Balaban J connectivity index is 1.46. The first kappa shape index (κ1) is 15.8. The average molecular weight is 345 g/mol. The Labute approximate surface area is 143 Å². The van der Waals surface area contributed by atoms with Crippen LogP contribution in [0.3, 0.4) is 0 Å². The van der Waals surface area contributed by atoms with Crippen LogP contribution < -0.4 is 0 Å². The van der Waals surface area contributed by atoms with Crippen LogP contribution >= 0.6 is 0 Å². The summed E-state index contributed by atoms with van der Waals surface area (Å²) in [7, 11) is -3.21. The zero-order valence-corrected chi connectivity index (χ0v) is 14.5. The Bertz CT molecular complexity index is 760. The fourth-order valence-corrected chi connectivity index (χ4v) is 6.26. The van der Waals surface area contributed by atoms with E-state index in [1.807, 2.05) is 51.6 Å². The van der Waals surface area contributed by atoms with E-state index in [0.29, 0.717) is 12.5 Å². The molecule has 0 aliphatic carbocycles. The minimum atomic E-state index is -3.21. The zero-order chi connectivity index (χ0) is 16.6. The molecule has 0 amide bonds. The number of aryl methyl sites for hydroxylation is 1. The summed E-state index contributed by atoms with van der Waals surface area (Å²) in [6.07, 6.45) is 8.09. The molecule has 3 heterocycles. The van der Waals surface area contributed by atoms with E-state index >= 15 is 0 Å².